The monoisotopic (exact) mass is 309 g/mol. The molecule has 0 aromatic heterocycles. The molecule has 0 amide bonds. The predicted molar refractivity (Wildman–Crippen MR) is 89.7 cm³/mol. The zero-order chi connectivity index (χ0) is 15.7. The molecule has 0 saturated heterocycles. The summed E-state index contributed by atoms with van der Waals surface area (Å²) < 4.78 is 5.17. The topological polar surface area (TPSA) is 38.3 Å². The Morgan fingerprint density at radius 1 is 1.33 bits per heavy atom. The lowest BCUT2D eigenvalue weighted by Crippen LogP contribution is -2.20. The molecular formula is C17H27NO2S. The Labute approximate surface area is 132 Å². The van der Waals surface area contributed by atoms with Crippen LogP contribution in [-0.4, -0.2) is 24.4 Å². The number of esters is 1. The third-order valence-electron chi connectivity index (χ3n) is 3.25. The molecule has 0 aliphatic heterocycles. The van der Waals surface area contributed by atoms with E-state index >= 15 is 0 Å². The van der Waals surface area contributed by atoms with Crippen LogP contribution in [0.5, 0.6) is 0 Å². The molecule has 0 fully saturated rings. The molecule has 4 heteroatoms. The minimum atomic E-state index is -0.111. The van der Waals surface area contributed by atoms with Crippen molar-refractivity contribution in [2.45, 2.75) is 56.7 Å². The average Bonchev–Trinajstić information content (AvgIpc) is 2.47. The van der Waals surface area contributed by atoms with Crippen LogP contribution in [-0.2, 0) is 9.53 Å². The van der Waals surface area contributed by atoms with Gasteiger partial charge < -0.3 is 10.1 Å². The normalized spacial score (nSPS) is 13.7. The highest BCUT2D eigenvalue weighted by atomic mass is 32.2. The van der Waals surface area contributed by atoms with Crippen molar-refractivity contribution in [3.05, 3.63) is 29.8 Å². The standard InChI is InChI=1S/C17H27NO2S/c1-5-9-16(17(19)20-7-3)21-15-11-8-10-14(12-15)13(4)18-6-2/h8,10-13,16,18H,5-7,9H2,1-4H3. The average molecular weight is 309 g/mol. The lowest BCUT2D eigenvalue weighted by molar-refractivity contribution is -0.142. The highest BCUT2D eigenvalue weighted by Gasteiger charge is 2.20. The van der Waals surface area contributed by atoms with Crippen LogP contribution in [0.15, 0.2) is 29.2 Å². The molecular weight excluding hydrogens is 282 g/mol. The third-order valence-corrected chi connectivity index (χ3v) is 4.49. The predicted octanol–water partition coefficient (Wildman–Crippen LogP) is 4.18. The van der Waals surface area contributed by atoms with E-state index in [4.69, 9.17) is 4.74 Å². The van der Waals surface area contributed by atoms with Crippen LogP contribution in [0.3, 0.4) is 0 Å². The van der Waals surface area contributed by atoms with Crippen molar-refractivity contribution in [1.29, 1.82) is 0 Å². The maximum absolute atomic E-state index is 12.0. The molecule has 3 nitrogen and oxygen atoms in total. The first-order chi connectivity index (χ1) is 10.1. The van der Waals surface area contributed by atoms with Gasteiger partial charge in [-0.1, -0.05) is 32.4 Å². The van der Waals surface area contributed by atoms with Gasteiger partial charge in [0.25, 0.3) is 0 Å². The first-order valence-corrected chi connectivity index (χ1v) is 8.66. The number of carbonyl (C=O) groups is 1. The molecule has 0 heterocycles. The lowest BCUT2D eigenvalue weighted by atomic mass is 10.1. The highest BCUT2D eigenvalue weighted by molar-refractivity contribution is 8.00. The second kappa shape index (κ2) is 9.85. The summed E-state index contributed by atoms with van der Waals surface area (Å²) in [6, 6.07) is 8.73. The lowest BCUT2D eigenvalue weighted by Gasteiger charge is -2.17. The maximum Gasteiger partial charge on any atom is 0.319 e. The van der Waals surface area contributed by atoms with Crippen molar-refractivity contribution in [3.8, 4) is 0 Å². The zero-order valence-corrected chi connectivity index (χ0v) is 14.3. The molecule has 1 rings (SSSR count). The molecule has 1 aromatic carbocycles. The summed E-state index contributed by atoms with van der Waals surface area (Å²) in [5.74, 6) is -0.102. The molecule has 1 aromatic rings. The number of ether oxygens (including phenoxy) is 1. The molecule has 1 N–H and O–H groups in total. The van der Waals surface area contributed by atoms with Gasteiger partial charge in [-0.05, 0) is 44.5 Å². The van der Waals surface area contributed by atoms with Gasteiger partial charge >= 0.3 is 5.97 Å². The van der Waals surface area contributed by atoms with E-state index in [0.717, 1.165) is 24.3 Å². The molecule has 2 atom stereocenters. The fourth-order valence-corrected chi connectivity index (χ4v) is 3.38. The second-order valence-corrected chi connectivity index (χ2v) is 6.28. The van der Waals surface area contributed by atoms with E-state index in [1.165, 1.54) is 5.56 Å². The Hall–Kier alpha value is -1.00. The van der Waals surface area contributed by atoms with Crippen molar-refractivity contribution in [2.75, 3.05) is 13.2 Å². The SMILES string of the molecule is CCCC(Sc1cccc(C(C)NCC)c1)C(=O)OCC. The summed E-state index contributed by atoms with van der Waals surface area (Å²) >= 11 is 1.61. The zero-order valence-electron chi connectivity index (χ0n) is 13.5. The van der Waals surface area contributed by atoms with Crippen LogP contribution < -0.4 is 5.32 Å². The van der Waals surface area contributed by atoms with Gasteiger partial charge in [-0.15, -0.1) is 11.8 Å². The van der Waals surface area contributed by atoms with Crippen LogP contribution in [0.2, 0.25) is 0 Å². The van der Waals surface area contributed by atoms with Crippen LogP contribution in [0.1, 0.15) is 52.1 Å². The summed E-state index contributed by atoms with van der Waals surface area (Å²) in [5, 5.41) is 3.30. The molecule has 21 heavy (non-hydrogen) atoms. The Balaban J connectivity index is 2.79. The largest absolute Gasteiger partial charge is 0.465 e. The van der Waals surface area contributed by atoms with E-state index in [1.54, 1.807) is 11.8 Å². The van der Waals surface area contributed by atoms with Crippen molar-refractivity contribution in [1.82, 2.24) is 5.32 Å². The van der Waals surface area contributed by atoms with E-state index < -0.39 is 0 Å². The van der Waals surface area contributed by atoms with Crippen LogP contribution in [0.4, 0.5) is 0 Å². The van der Waals surface area contributed by atoms with Gasteiger partial charge in [0.1, 0.15) is 5.25 Å². The van der Waals surface area contributed by atoms with E-state index in [-0.39, 0.29) is 11.2 Å². The minimum Gasteiger partial charge on any atom is -0.465 e. The van der Waals surface area contributed by atoms with Gasteiger partial charge in [0, 0.05) is 10.9 Å². The maximum atomic E-state index is 12.0. The first-order valence-electron chi connectivity index (χ1n) is 7.78. The Morgan fingerprint density at radius 3 is 2.71 bits per heavy atom. The van der Waals surface area contributed by atoms with Crippen LogP contribution in [0.25, 0.3) is 0 Å². The summed E-state index contributed by atoms with van der Waals surface area (Å²) in [6.07, 6.45) is 1.82. The quantitative estimate of drug-likeness (QED) is 0.548. The van der Waals surface area contributed by atoms with E-state index in [2.05, 4.69) is 50.4 Å². The Bertz CT molecular complexity index is 437. The molecule has 0 saturated carbocycles. The molecule has 2 unspecified atom stereocenters. The van der Waals surface area contributed by atoms with E-state index in [9.17, 15) is 4.79 Å². The Kier molecular flexibility index (Phi) is 8.47. The van der Waals surface area contributed by atoms with Crippen molar-refractivity contribution >= 4 is 17.7 Å². The summed E-state index contributed by atoms with van der Waals surface area (Å²) in [6.45, 7) is 9.59. The van der Waals surface area contributed by atoms with Crippen molar-refractivity contribution in [3.63, 3.8) is 0 Å². The molecule has 0 aliphatic carbocycles. The van der Waals surface area contributed by atoms with Gasteiger partial charge in [-0.3, -0.25) is 4.79 Å². The third kappa shape index (κ3) is 6.10. The van der Waals surface area contributed by atoms with Crippen molar-refractivity contribution in [2.24, 2.45) is 0 Å². The van der Waals surface area contributed by atoms with Gasteiger partial charge in [0.05, 0.1) is 6.61 Å². The number of benzene rings is 1. The number of thioether (sulfide) groups is 1. The fourth-order valence-electron chi connectivity index (χ4n) is 2.17. The van der Waals surface area contributed by atoms with Gasteiger partial charge in [-0.2, -0.15) is 0 Å². The molecule has 0 radical (unpaired) electrons. The second-order valence-electron chi connectivity index (χ2n) is 5.00. The number of hydrogen-bond acceptors (Lipinski definition) is 4. The summed E-state index contributed by atoms with van der Waals surface area (Å²) in [5.41, 5.74) is 1.25. The minimum absolute atomic E-state index is 0.102. The molecule has 0 spiro atoms. The van der Waals surface area contributed by atoms with Gasteiger partial charge in [0.2, 0.25) is 0 Å². The highest BCUT2D eigenvalue weighted by Crippen LogP contribution is 2.29. The smallest absolute Gasteiger partial charge is 0.319 e. The molecule has 0 aliphatic rings. The number of rotatable bonds is 9. The molecule has 0 bridgehead atoms. The fraction of sp³-hybridized carbons (Fsp3) is 0.588. The van der Waals surface area contributed by atoms with Crippen LogP contribution in [0, 0.1) is 0 Å². The van der Waals surface area contributed by atoms with Crippen LogP contribution >= 0.6 is 11.8 Å². The number of nitrogens with one attached hydrogen (secondary N) is 1. The number of hydrogen-bond donors (Lipinski definition) is 1. The first kappa shape index (κ1) is 18.1. The van der Waals surface area contributed by atoms with Crippen molar-refractivity contribution < 1.29 is 9.53 Å². The van der Waals surface area contributed by atoms with Gasteiger partial charge in [-0.25, -0.2) is 0 Å². The molecule has 118 valence electrons. The summed E-state index contributed by atoms with van der Waals surface area (Å²) in [7, 11) is 0. The van der Waals surface area contributed by atoms with Gasteiger partial charge in [0.15, 0.2) is 0 Å². The number of carbonyl (C=O) groups excluding carboxylic acids is 1. The van der Waals surface area contributed by atoms with E-state index in [0.29, 0.717) is 12.6 Å². The Morgan fingerprint density at radius 2 is 2.10 bits per heavy atom. The summed E-state index contributed by atoms with van der Waals surface area (Å²) in [4.78, 5) is 13.1. The van der Waals surface area contributed by atoms with E-state index in [1.807, 2.05) is 6.92 Å².